The molecule has 2 N–H and O–H groups in total. The van der Waals surface area contributed by atoms with Gasteiger partial charge in [-0.05, 0) is 18.4 Å². The fraction of sp³-hybridized carbons (Fsp3) is 0.333. The maximum atomic E-state index is 12.9. The lowest BCUT2D eigenvalue weighted by molar-refractivity contribution is -0.762. The number of nitro benzene ring substituents is 1. The second-order valence-corrected chi connectivity index (χ2v) is 8.69. The van der Waals surface area contributed by atoms with Crippen LogP contribution in [0.4, 0.5) is 10.5 Å². The zero-order valence-corrected chi connectivity index (χ0v) is 19.4. The van der Waals surface area contributed by atoms with E-state index in [-0.39, 0.29) is 30.3 Å². The Kier molecular flexibility index (Phi) is 7.33. The molecule has 0 unspecified atom stereocenters. The summed E-state index contributed by atoms with van der Waals surface area (Å²) < 4.78 is 15.8. The summed E-state index contributed by atoms with van der Waals surface area (Å²) in [5, 5.41) is 11.7. The van der Waals surface area contributed by atoms with E-state index in [1.54, 1.807) is 0 Å². The summed E-state index contributed by atoms with van der Waals surface area (Å²) in [6.07, 6.45) is 3.42. The number of hydrogen-bond donors (Lipinski definition) is 1. The first-order chi connectivity index (χ1) is 16.0. The maximum absolute atomic E-state index is 12.9. The Morgan fingerprint density at radius 3 is 2.44 bits per heavy atom. The number of allylic oxidation sites excluding steroid dienone is 1. The number of quaternary nitrogens is 1. The molecule has 10 nitrogen and oxygen atoms in total. The zero-order chi connectivity index (χ0) is 24.9. The smallest absolute Gasteiger partial charge is 0.493 e. The number of nitrogens with zero attached hydrogens (tertiary/aromatic N) is 2. The highest BCUT2D eigenvalue weighted by Crippen LogP contribution is 2.38. The number of methoxy groups -OCH3 is 1. The Balaban J connectivity index is 1.76. The molecule has 0 radical (unpaired) electrons. The molecule has 0 atom stereocenters. The van der Waals surface area contributed by atoms with Crippen molar-refractivity contribution in [1.82, 2.24) is 0 Å². The molecule has 1 saturated carbocycles. The van der Waals surface area contributed by atoms with Crippen molar-refractivity contribution in [2.75, 3.05) is 27.8 Å². The van der Waals surface area contributed by atoms with Crippen molar-refractivity contribution < 1.29 is 33.2 Å². The summed E-state index contributed by atoms with van der Waals surface area (Å²) in [7, 11) is 4.43. The highest BCUT2D eigenvalue weighted by Gasteiger charge is 2.39. The predicted octanol–water partition coefficient (Wildman–Crippen LogP) is 3.58. The Morgan fingerprint density at radius 1 is 1.18 bits per heavy atom. The van der Waals surface area contributed by atoms with E-state index in [9.17, 15) is 19.7 Å². The van der Waals surface area contributed by atoms with E-state index in [4.69, 9.17) is 19.9 Å². The quantitative estimate of drug-likeness (QED) is 0.183. The molecule has 180 valence electrons. The molecule has 1 amide bonds. The largest absolute Gasteiger partial charge is 0.520 e. The molecule has 0 heterocycles. The number of benzene rings is 2. The summed E-state index contributed by atoms with van der Waals surface area (Å²) in [6, 6.07) is 11.6. The molecule has 1 fully saturated rings. The van der Waals surface area contributed by atoms with Gasteiger partial charge >= 0.3 is 6.09 Å². The van der Waals surface area contributed by atoms with Gasteiger partial charge in [0.25, 0.3) is 5.69 Å². The molecule has 1 aliphatic rings. The van der Waals surface area contributed by atoms with Gasteiger partial charge in [-0.1, -0.05) is 30.3 Å². The summed E-state index contributed by atoms with van der Waals surface area (Å²) in [5.41, 5.74) is 5.77. The SMILES string of the molecule is COc1cc(C(=O)C=C[N+](C)(C)C(=O)OCc2ccccc2)c([N+](=O)[O-])cc1OCC1(N)CC1. The third-order valence-electron chi connectivity index (χ3n) is 5.43. The monoisotopic (exact) mass is 470 g/mol. The first-order valence-electron chi connectivity index (χ1n) is 10.6. The number of hydrogen-bond acceptors (Lipinski definition) is 8. The molecular weight excluding hydrogens is 442 g/mol. The number of nitrogens with two attached hydrogens (primary N) is 1. The minimum absolute atomic E-state index is 0.0807. The van der Waals surface area contributed by atoms with Crippen LogP contribution in [0.2, 0.25) is 0 Å². The topological polar surface area (TPSA) is 131 Å². The van der Waals surface area contributed by atoms with E-state index in [1.807, 2.05) is 30.3 Å². The van der Waals surface area contributed by atoms with Crippen LogP contribution in [0.5, 0.6) is 11.5 Å². The molecule has 2 aromatic carbocycles. The summed E-state index contributed by atoms with van der Waals surface area (Å²) >= 11 is 0. The van der Waals surface area contributed by atoms with Gasteiger partial charge in [-0.25, -0.2) is 4.48 Å². The van der Waals surface area contributed by atoms with Gasteiger partial charge in [0.1, 0.15) is 25.0 Å². The van der Waals surface area contributed by atoms with E-state index in [0.29, 0.717) is 0 Å². The zero-order valence-electron chi connectivity index (χ0n) is 19.4. The molecule has 0 bridgehead atoms. The minimum Gasteiger partial charge on any atom is -0.493 e. The average molecular weight is 471 g/mol. The van der Waals surface area contributed by atoms with Crippen LogP contribution in [-0.4, -0.2) is 54.6 Å². The van der Waals surface area contributed by atoms with Crippen molar-refractivity contribution in [1.29, 1.82) is 0 Å². The Hall–Kier alpha value is -3.76. The van der Waals surface area contributed by atoms with Crippen molar-refractivity contribution in [3.63, 3.8) is 0 Å². The van der Waals surface area contributed by atoms with Gasteiger partial charge in [-0.15, -0.1) is 0 Å². The fourth-order valence-corrected chi connectivity index (χ4v) is 2.99. The number of carbonyl (C=O) groups is 2. The minimum atomic E-state index is -0.670. The highest BCUT2D eigenvalue weighted by molar-refractivity contribution is 6.07. The van der Waals surface area contributed by atoms with Crippen LogP contribution in [0.25, 0.3) is 0 Å². The second kappa shape index (κ2) is 10.0. The number of nitro groups is 1. The van der Waals surface area contributed by atoms with E-state index < -0.39 is 32.5 Å². The van der Waals surface area contributed by atoms with E-state index in [0.717, 1.165) is 30.5 Å². The number of rotatable bonds is 10. The van der Waals surface area contributed by atoms with E-state index in [2.05, 4.69) is 0 Å². The molecule has 34 heavy (non-hydrogen) atoms. The summed E-state index contributed by atoms with van der Waals surface area (Å²) in [6.45, 7) is 0.266. The van der Waals surface area contributed by atoms with Gasteiger partial charge in [-0.2, -0.15) is 4.79 Å². The van der Waals surface area contributed by atoms with E-state index in [1.165, 1.54) is 33.5 Å². The van der Waals surface area contributed by atoms with Crippen molar-refractivity contribution in [3.05, 3.63) is 76.0 Å². The van der Waals surface area contributed by atoms with Crippen LogP contribution in [0.3, 0.4) is 0 Å². The lowest BCUT2D eigenvalue weighted by atomic mass is 10.1. The molecule has 0 saturated heterocycles. The number of amides is 1. The van der Waals surface area contributed by atoms with Crippen LogP contribution >= 0.6 is 0 Å². The molecule has 0 aliphatic heterocycles. The van der Waals surface area contributed by atoms with E-state index >= 15 is 0 Å². The normalized spacial score (nSPS) is 14.5. The van der Waals surface area contributed by atoms with Crippen LogP contribution < -0.4 is 15.2 Å². The van der Waals surface area contributed by atoms with Gasteiger partial charge in [-0.3, -0.25) is 14.9 Å². The fourth-order valence-electron chi connectivity index (χ4n) is 2.99. The van der Waals surface area contributed by atoms with Crippen molar-refractivity contribution in [2.45, 2.75) is 25.0 Å². The van der Waals surface area contributed by atoms with Gasteiger partial charge in [0.05, 0.1) is 37.7 Å². The number of ether oxygens (including phenoxy) is 3. The van der Waals surface area contributed by atoms with Crippen molar-refractivity contribution in [2.24, 2.45) is 5.73 Å². The first-order valence-corrected chi connectivity index (χ1v) is 10.6. The van der Waals surface area contributed by atoms with Crippen LogP contribution in [-0.2, 0) is 11.3 Å². The summed E-state index contributed by atoms with van der Waals surface area (Å²) in [5.74, 6) is -0.370. The standard InChI is InChI=1S/C24H28N3O7/c1-27(2,23(29)33-15-17-7-5-4-6-8-17)12-9-20(28)18-13-21(32-3)22(14-19(18)26(30)31)34-16-24(25)10-11-24/h4-9,12-14H,10-11,15-16,25H2,1-3H3/q+1. The third-order valence-corrected chi connectivity index (χ3v) is 5.43. The van der Waals surface area contributed by atoms with Gasteiger partial charge < -0.3 is 19.9 Å². The molecular formula is C24H28N3O7+. The Bertz CT molecular complexity index is 1110. The Labute approximate surface area is 197 Å². The Morgan fingerprint density at radius 2 is 1.85 bits per heavy atom. The molecule has 0 spiro atoms. The highest BCUT2D eigenvalue weighted by atomic mass is 16.6. The molecule has 10 heteroatoms. The maximum Gasteiger partial charge on any atom is 0.520 e. The van der Waals surface area contributed by atoms with Crippen LogP contribution in [0.15, 0.2) is 54.7 Å². The lowest BCUT2D eigenvalue weighted by Crippen LogP contribution is -2.40. The number of ketones is 1. The first kappa shape index (κ1) is 24.9. The molecule has 3 rings (SSSR count). The molecule has 0 aromatic heterocycles. The third kappa shape index (κ3) is 6.18. The lowest BCUT2D eigenvalue weighted by Gasteiger charge is -2.20. The van der Waals surface area contributed by atoms with Gasteiger partial charge in [0.15, 0.2) is 17.3 Å². The van der Waals surface area contributed by atoms with Crippen molar-refractivity contribution in [3.8, 4) is 11.5 Å². The summed E-state index contributed by atoms with van der Waals surface area (Å²) in [4.78, 5) is 36.3. The van der Waals surface area contributed by atoms with Gasteiger partial charge in [0.2, 0.25) is 0 Å². The molecule has 2 aromatic rings. The molecule has 1 aliphatic carbocycles. The second-order valence-electron chi connectivity index (χ2n) is 8.69. The van der Waals surface area contributed by atoms with Crippen molar-refractivity contribution >= 4 is 17.6 Å². The van der Waals surface area contributed by atoms with Gasteiger partial charge in [0, 0.05) is 12.1 Å². The number of carbonyl (C=O) groups excluding carboxylic acids is 2. The van der Waals surface area contributed by atoms with Crippen LogP contribution in [0, 0.1) is 10.1 Å². The predicted molar refractivity (Wildman–Crippen MR) is 124 cm³/mol. The van der Waals surface area contributed by atoms with Crippen LogP contribution in [0.1, 0.15) is 28.8 Å². The average Bonchev–Trinajstić information content (AvgIpc) is 3.56.